The summed E-state index contributed by atoms with van der Waals surface area (Å²) in [6, 6.07) is 6.78. The molecule has 2 aromatic rings. The van der Waals surface area contributed by atoms with Gasteiger partial charge in [0.2, 0.25) is 0 Å². The topological polar surface area (TPSA) is 78.9 Å². The predicted molar refractivity (Wildman–Crippen MR) is 71.0 cm³/mol. The van der Waals surface area contributed by atoms with Crippen LogP contribution in [0.15, 0.2) is 45.6 Å². The maximum Gasteiger partial charge on any atom is 0.303 e. The summed E-state index contributed by atoms with van der Waals surface area (Å²) >= 11 is 0. The van der Waals surface area contributed by atoms with Crippen molar-refractivity contribution in [3.8, 4) is 0 Å². The molecule has 0 aliphatic heterocycles. The van der Waals surface area contributed by atoms with Crippen LogP contribution in [0.5, 0.6) is 0 Å². The number of ether oxygens (including phenoxy) is 2. The van der Waals surface area contributed by atoms with E-state index in [-0.39, 0.29) is 6.42 Å². The van der Waals surface area contributed by atoms with Gasteiger partial charge in [0.1, 0.15) is 11.5 Å². The van der Waals surface area contributed by atoms with Crippen molar-refractivity contribution < 1.29 is 27.9 Å². The fourth-order valence-corrected chi connectivity index (χ4v) is 1.99. The van der Waals surface area contributed by atoms with Crippen LogP contribution in [0.3, 0.4) is 0 Å². The Labute approximate surface area is 121 Å². The van der Waals surface area contributed by atoms with E-state index < -0.39 is 24.1 Å². The Bertz CT molecular complexity index is 517. The van der Waals surface area contributed by atoms with Gasteiger partial charge in [0.25, 0.3) is 0 Å². The Hall–Kier alpha value is -2.50. The van der Waals surface area contributed by atoms with Gasteiger partial charge >= 0.3 is 11.9 Å². The largest absolute Gasteiger partial charge is 0.465 e. The predicted octanol–water partition coefficient (Wildman–Crippen LogP) is 3.17. The summed E-state index contributed by atoms with van der Waals surface area (Å²) in [5, 5.41) is 0. The number of rotatable bonds is 6. The maximum absolute atomic E-state index is 11.2. The first-order chi connectivity index (χ1) is 10.1. The summed E-state index contributed by atoms with van der Waals surface area (Å²) < 4.78 is 21.0. The van der Waals surface area contributed by atoms with E-state index in [9.17, 15) is 9.59 Å². The minimum absolute atomic E-state index is 0.209. The molecule has 0 N–H and O–H groups in total. The van der Waals surface area contributed by atoms with Gasteiger partial charge in [-0.05, 0) is 24.3 Å². The fraction of sp³-hybridized carbons (Fsp3) is 0.333. The van der Waals surface area contributed by atoms with Crippen molar-refractivity contribution in [1.82, 2.24) is 0 Å². The highest BCUT2D eigenvalue weighted by Gasteiger charge is 2.27. The summed E-state index contributed by atoms with van der Waals surface area (Å²) in [7, 11) is 0. The molecule has 0 aliphatic carbocycles. The molecule has 0 radical (unpaired) electrons. The summed E-state index contributed by atoms with van der Waals surface area (Å²) in [6.07, 6.45) is 1.86. The van der Waals surface area contributed by atoms with Gasteiger partial charge in [-0.15, -0.1) is 0 Å². The number of hydrogen-bond acceptors (Lipinski definition) is 6. The van der Waals surface area contributed by atoms with Crippen molar-refractivity contribution in [2.24, 2.45) is 0 Å². The molecule has 6 heteroatoms. The molecule has 0 saturated heterocycles. The lowest BCUT2D eigenvalue weighted by Crippen LogP contribution is -2.15. The van der Waals surface area contributed by atoms with Crippen LogP contribution in [-0.2, 0) is 19.1 Å². The lowest BCUT2D eigenvalue weighted by molar-refractivity contribution is -0.155. The van der Waals surface area contributed by atoms with Crippen LogP contribution in [-0.4, -0.2) is 11.9 Å². The van der Waals surface area contributed by atoms with Crippen LogP contribution in [0.25, 0.3) is 0 Å². The molecule has 21 heavy (non-hydrogen) atoms. The molecule has 0 aromatic carbocycles. The van der Waals surface area contributed by atoms with Crippen LogP contribution in [0, 0.1) is 0 Å². The van der Waals surface area contributed by atoms with Crippen molar-refractivity contribution in [1.29, 1.82) is 0 Å². The van der Waals surface area contributed by atoms with Crippen LogP contribution < -0.4 is 0 Å². The van der Waals surface area contributed by atoms with Crippen molar-refractivity contribution in [2.45, 2.75) is 32.5 Å². The summed E-state index contributed by atoms with van der Waals surface area (Å²) in [5.41, 5.74) is 0. The summed E-state index contributed by atoms with van der Waals surface area (Å²) in [6.45, 7) is 2.62. The highest BCUT2D eigenvalue weighted by Crippen LogP contribution is 2.32. The SMILES string of the molecule is CC(=O)O[C@H](C[C@@H](OC(C)=O)c1ccco1)c1ccco1. The number of esters is 2. The van der Waals surface area contributed by atoms with Gasteiger partial charge < -0.3 is 18.3 Å². The molecule has 0 saturated carbocycles. The second-order valence-corrected chi connectivity index (χ2v) is 4.46. The van der Waals surface area contributed by atoms with Gasteiger partial charge in [0.05, 0.1) is 12.5 Å². The van der Waals surface area contributed by atoms with Crippen LogP contribution >= 0.6 is 0 Å². The monoisotopic (exact) mass is 292 g/mol. The van der Waals surface area contributed by atoms with Gasteiger partial charge in [-0.1, -0.05) is 0 Å². The van der Waals surface area contributed by atoms with E-state index in [4.69, 9.17) is 18.3 Å². The van der Waals surface area contributed by atoms with Crippen molar-refractivity contribution in [2.75, 3.05) is 0 Å². The van der Waals surface area contributed by atoms with E-state index in [1.807, 2.05) is 0 Å². The molecule has 6 nitrogen and oxygen atoms in total. The van der Waals surface area contributed by atoms with Gasteiger partial charge in [-0.3, -0.25) is 9.59 Å². The molecular formula is C15H16O6. The van der Waals surface area contributed by atoms with E-state index in [0.717, 1.165) is 0 Å². The molecule has 0 aliphatic rings. The van der Waals surface area contributed by atoms with E-state index in [0.29, 0.717) is 11.5 Å². The molecule has 2 rings (SSSR count). The smallest absolute Gasteiger partial charge is 0.303 e. The van der Waals surface area contributed by atoms with Crippen molar-refractivity contribution in [3.63, 3.8) is 0 Å². The minimum Gasteiger partial charge on any atom is -0.465 e. The molecule has 0 bridgehead atoms. The Morgan fingerprint density at radius 3 is 1.67 bits per heavy atom. The van der Waals surface area contributed by atoms with Crippen LogP contribution in [0.2, 0.25) is 0 Å². The summed E-state index contributed by atoms with van der Waals surface area (Å²) in [4.78, 5) is 22.5. The minimum atomic E-state index is -0.660. The third kappa shape index (κ3) is 4.24. The van der Waals surface area contributed by atoms with E-state index in [1.165, 1.54) is 26.4 Å². The van der Waals surface area contributed by atoms with Crippen LogP contribution in [0.1, 0.15) is 44.0 Å². The molecule has 112 valence electrons. The number of hydrogen-bond donors (Lipinski definition) is 0. The lowest BCUT2D eigenvalue weighted by atomic mass is 10.1. The number of carbonyl (C=O) groups is 2. The van der Waals surface area contributed by atoms with Gasteiger partial charge in [-0.2, -0.15) is 0 Å². The highest BCUT2D eigenvalue weighted by molar-refractivity contribution is 5.66. The zero-order chi connectivity index (χ0) is 15.2. The quantitative estimate of drug-likeness (QED) is 0.761. The second-order valence-electron chi connectivity index (χ2n) is 4.46. The molecule has 0 amide bonds. The van der Waals surface area contributed by atoms with E-state index in [2.05, 4.69) is 0 Å². The average Bonchev–Trinajstić information content (AvgIpc) is 3.09. The zero-order valence-corrected chi connectivity index (χ0v) is 11.8. The third-order valence-electron chi connectivity index (χ3n) is 2.77. The molecule has 2 heterocycles. The third-order valence-corrected chi connectivity index (χ3v) is 2.77. The fourth-order valence-electron chi connectivity index (χ4n) is 1.99. The molecule has 2 aromatic heterocycles. The normalized spacial score (nSPS) is 13.4. The van der Waals surface area contributed by atoms with Crippen LogP contribution in [0.4, 0.5) is 0 Å². The lowest BCUT2D eigenvalue weighted by Gasteiger charge is -2.20. The number of furan rings is 2. The molecule has 0 spiro atoms. The Kier molecular flexibility index (Phi) is 4.81. The van der Waals surface area contributed by atoms with Gasteiger partial charge in [-0.25, -0.2) is 0 Å². The molecule has 0 fully saturated rings. The maximum atomic E-state index is 11.2. The first-order valence-electron chi connectivity index (χ1n) is 6.47. The Balaban J connectivity index is 2.18. The molecular weight excluding hydrogens is 276 g/mol. The Morgan fingerprint density at radius 2 is 1.38 bits per heavy atom. The second kappa shape index (κ2) is 6.78. The van der Waals surface area contributed by atoms with E-state index >= 15 is 0 Å². The standard InChI is InChI=1S/C15H16O6/c1-10(16)20-14(12-5-3-7-18-12)9-15(21-11(2)17)13-6-4-8-19-13/h3-8,14-15H,9H2,1-2H3/t14-,15-/m1/s1. The average molecular weight is 292 g/mol. The Morgan fingerprint density at radius 1 is 0.952 bits per heavy atom. The van der Waals surface area contributed by atoms with Gasteiger partial charge in [0, 0.05) is 20.3 Å². The zero-order valence-electron chi connectivity index (χ0n) is 11.8. The van der Waals surface area contributed by atoms with Crippen molar-refractivity contribution in [3.05, 3.63) is 48.3 Å². The first-order valence-corrected chi connectivity index (χ1v) is 6.47. The van der Waals surface area contributed by atoms with Crippen molar-refractivity contribution >= 4 is 11.9 Å². The first kappa shape index (κ1) is 14.9. The van der Waals surface area contributed by atoms with Gasteiger partial charge in [0.15, 0.2) is 12.2 Å². The summed E-state index contributed by atoms with van der Waals surface area (Å²) in [5.74, 6) is 0.0673. The number of carbonyl (C=O) groups excluding carboxylic acids is 2. The highest BCUT2D eigenvalue weighted by atomic mass is 16.6. The molecule has 0 unspecified atom stereocenters. The van der Waals surface area contributed by atoms with E-state index in [1.54, 1.807) is 24.3 Å². The molecule has 2 atom stereocenters.